The molecule has 1 atom stereocenters. The van der Waals surface area contributed by atoms with Crippen LogP contribution in [0.25, 0.3) is 0 Å². The van der Waals surface area contributed by atoms with Crippen molar-refractivity contribution in [2.24, 2.45) is 5.92 Å². The zero-order valence-electron chi connectivity index (χ0n) is 13.0. The van der Waals surface area contributed by atoms with E-state index in [0.717, 1.165) is 37.5 Å². The van der Waals surface area contributed by atoms with Gasteiger partial charge in [0.1, 0.15) is 11.6 Å². The average Bonchev–Trinajstić information content (AvgIpc) is 3.14. The number of carbonyl (C=O) groups is 1. The van der Waals surface area contributed by atoms with E-state index in [-0.39, 0.29) is 11.5 Å². The molecule has 4 rings (SSSR count). The van der Waals surface area contributed by atoms with Crippen molar-refractivity contribution >= 4 is 5.91 Å². The predicted molar refractivity (Wildman–Crippen MR) is 80.3 cm³/mol. The van der Waals surface area contributed by atoms with Gasteiger partial charge in [0.25, 0.3) is 5.91 Å². The molecule has 2 fully saturated rings. The van der Waals surface area contributed by atoms with E-state index in [4.69, 9.17) is 4.52 Å². The van der Waals surface area contributed by atoms with Gasteiger partial charge in [0, 0.05) is 25.4 Å². The van der Waals surface area contributed by atoms with Crippen LogP contribution in [0.5, 0.6) is 0 Å². The number of likely N-dealkylation sites (tertiary alicyclic amines) is 1. The van der Waals surface area contributed by atoms with Gasteiger partial charge in [-0.2, -0.15) is 4.98 Å². The Morgan fingerprint density at radius 1 is 1.29 bits per heavy atom. The van der Waals surface area contributed by atoms with Crippen LogP contribution in [0.15, 0.2) is 22.7 Å². The molecule has 1 aromatic carbocycles. The Labute approximate surface area is 137 Å². The van der Waals surface area contributed by atoms with E-state index in [1.165, 1.54) is 0 Å². The summed E-state index contributed by atoms with van der Waals surface area (Å²) in [5.41, 5.74) is -0.216. The maximum atomic E-state index is 13.8. The molecule has 1 aliphatic heterocycles. The number of hydrogen-bond acceptors (Lipinski definition) is 4. The summed E-state index contributed by atoms with van der Waals surface area (Å²) in [5.74, 6) is 0.207. The second-order valence-electron chi connectivity index (χ2n) is 6.56. The van der Waals surface area contributed by atoms with Crippen molar-refractivity contribution in [2.75, 3.05) is 13.1 Å². The third-order valence-electron chi connectivity index (χ3n) is 4.61. The molecule has 1 saturated carbocycles. The monoisotopic (exact) mass is 333 g/mol. The van der Waals surface area contributed by atoms with Crippen LogP contribution in [-0.2, 0) is 6.42 Å². The molecule has 0 N–H and O–H groups in total. The molecule has 2 aliphatic rings. The van der Waals surface area contributed by atoms with Crippen LogP contribution in [0.2, 0.25) is 0 Å². The lowest BCUT2D eigenvalue weighted by Gasteiger charge is -2.16. The Balaban J connectivity index is 1.40. The van der Waals surface area contributed by atoms with Crippen LogP contribution in [0, 0.1) is 17.6 Å². The normalized spacial score (nSPS) is 20.6. The highest BCUT2D eigenvalue weighted by molar-refractivity contribution is 5.94. The summed E-state index contributed by atoms with van der Waals surface area (Å²) in [5, 5.41) is 4.00. The van der Waals surface area contributed by atoms with Gasteiger partial charge in [0.05, 0.1) is 5.56 Å². The van der Waals surface area contributed by atoms with E-state index >= 15 is 0 Å². The lowest BCUT2D eigenvalue weighted by molar-refractivity contribution is 0.0781. The van der Waals surface area contributed by atoms with E-state index in [2.05, 4.69) is 10.1 Å². The van der Waals surface area contributed by atoms with Crippen LogP contribution < -0.4 is 0 Å². The Kier molecular flexibility index (Phi) is 3.78. The summed E-state index contributed by atoms with van der Waals surface area (Å²) in [6, 6.07) is 2.94. The Hall–Kier alpha value is -2.31. The fraction of sp³-hybridized carbons (Fsp3) is 0.471. The fourth-order valence-corrected chi connectivity index (χ4v) is 3.12. The van der Waals surface area contributed by atoms with Crippen LogP contribution in [0.1, 0.15) is 47.3 Å². The molecule has 1 unspecified atom stereocenters. The summed E-state index contributed by atoms with van der Waals surface area (Å²) < 4.78 is 32.3. The van der Waals surface area contributed by atoms with E-state index < -0.39 is 17.5 Å². The number of benzene rings is 1. The molecule has 1 aliphatic carbocycles. The van der Waals surface area contributed by atoms with Crippen molar-refractivity contribution in [1.29, 1.82) is 0 Å². The van der Waals surface area contributed by atoms with Crippen LogP contribution in [0.3, 0.4) is 0 Å². The quantitative estimate of drug-likeness (QED) is 0.863. The van der Waals surface area contributed by atoms with Gasteiger partial charge in [-0.3, -0.25) is 4.79 Å². The minimum absolute atomic E-state index is 0.204. The highest BCUT2D eigenvalue weighted by Gasteiger charge is 2.32. The number of hydrogen-bond donors (Lipinski definition) is 0. The predicted octanol–water partition coefficient (Wildman–Crippen LogP) is 2.93. The molecule has 126 valence electrons. The molecule has 1 amide bonds. The molecule has 2 heterocycles. The lowest BCUT2D eigenvalue weighted by atomic mass is 10.0. The van der Waals surface area contributed by atoms with Gasteiger partial charge in [-0.15, -0.1) is 0 Å². The number of carbonyl (C=O) groups excluding carboxylic acids is 1. The van der Waals surface area contributed by atoms with Crippen molar-refractivity contribution in [3.05, 3.63) is 47.1 Å². The fourth-order valence-electron chi connectivity index (χ4n) is 3.12. The zero-order valence-corrected chi connectivity index (χ0v) is 13.0. The standard InChI is InChI=1S/C17H17F2N3O2/c18-12-3-4-14(19)13(8-12)17(23)22-6-5-10(9-22)7-15-20-16(24-21-15)11-1-2-11/h3-4,8,10-11H,1-2,5-7,9H2. The highest BCUT2D eigenvalue weighted by Crippen LogP contribution is 2.39. The minimum Gasteiger partial charge on any atom is -0.339 e. The van der Waals surface area contributed by atoms with E-state index in [9.17, 15) is 13.6 Å². The molecule has 2 aromatic rings. The zero-order chi connectivity index (χ0) is 16.7. The largest absolute Gasteiger partial charge is 0.339 e. The molecular formula is C17H17F2N3O2. The number of aromatic nitrogens is 2. The van der Waals surface area contributed by atoms with Crippen LogP contribution in [0.4, 0.5) is 8.78 Å². The molecule has 24 heavy (non-hydrogen) atoms. The summed E-state index contributed by atoms with van der Waals surface area (Å²) >= 11 is 0. The molecule has 1 aromatic heterocycles. The van der Waals surface area contributed by atoms with Crippen molar-refractivity contribution < 1.29 is 18.1 Å². The minimum atomic E-state index is -0.697. The first-order chi connectivity index (χ1) is 11.6. The first-order valence-electron chi connectivity index (χ1n) is 8.17. The van der Waals surface area contributed by atoms with Crippen molar-refractivity contribution in [3.63, 3.8) is 0 Å². The van der Waals surface area contributed by atoms with E-state index in [0.29, 0.717) is 37.1 Å². The molecule has 7 heteroatoms. The van der Waals surface area contributed by atoms with Gasteiger partial charge < -0.3 is 9.42 Å². The molecule has 1 saturated heterocycles. The Bertz CT molecular complexity index is 773. The van der Waals surface area contributed by atoms with E-state index in [1.807, 2.05) is 0 Å². The molecular weight excluding hydrogens is 316 g/mol. The molecule has 0 bridgehead atoms. The first-order valence-corrected chi connectivity index (χ1v) is 8.17. The average molecular weight is 333 g/mol. The van der Waals surface area contributed by atoms with Gasteiger partial charge in [0.2, 0.25) is 5.89 Å². The topological polar surface area (TPSA) is 59.2 Å². The number of amides is 1. The van der Waals surface area contributed by atoms with Crippen LogP contribution in [-0.4, -0.2) is 34.0 Å². The van der Waals surface area contributed by atoms with Crippen molar-refractivity contribution in [2.45, 2.75) is 31.6 Å². The number of rotatable bonds is 4. The lowest BCUT2D eigenvalue weighted by Crippen LogP contribution is -2.29. The molecule has 0 spiro atoms. The summed E-state index contributed by atoms with van der Waals surface area (Å²) in [7, 11) is 0. The van der Waals surface area contributed by atoms with Gasteiger partial charge in [0.15, 0.2) is 5.82 Å². The van der Waals surface area contributed by atoms with Gasteiger partial charge in [-0.05, 0) is 43.4 Å². The summed E-state index contributed by atoms with van der Waals surface area (Å²) in [6.07, 6.45) is 3.63. The molecule has 0 radical (unpaired) electrons. The van der Waals surface area contributed by atoms with Crippen LogP contribution >= 0.6 is 0 Å². The third kappa shape index (κ3) is 3.02. The van der Waals surface area contributed by atoms with Crippen molar-refractivity contribution in [1.82, 2.24) is 15.0 Å². The van der Waals surface area contributed by atoms with Gasteiger partial charge in [-0.1, -0.05) is 5.16 Å². The SMILES string of the molecule is O=C(c1cc(F)ccc1F)N1CCC(Cc2noc(C3CC3)n2)C1. The summed E-state index contributed by atoms with van der Waals surface area (Å²) in [4.78, 5) is 18.3. The Morgan fingerprint density at radius 3 is 2.92 bits per heavy atom. The number of nitrogens with zero attached hydrogens (tertiary/aromatic N) is 3. The third-order valence-corrected chi connectivity index (χ3v) is 4.61. The maximum Gasteiger partial charge on any atom is 0.256 e. The van der Waals surface area contributed by atoms with Gasteiger partial charge in [-0.25, -0.2) is 8.78 Å². The Morgan fingerprint density at radius 2 is 2.12 bits per heavy atom. The second-order valence-corrected chi connectivity index (χ2v) is 6.56. The van der Waals surface area contributed by atoms with Crippen molar-refractivity contribution in [3.8, 4) is 0 Å². The molecule has 5 nitrogen and oxygen atoms in total. The maximum absolute atomic E-state index is 13.8. The number of halogens is 2. The second kappa shape index (κ2) is 5.96. The van der Waals surface area contributed by atoms with Gasteiger partial charge >= 0.3 is 0 Å². The first kappa shape index (κ1) is 15.2. The van der Waals surface area contributed by atoms with E-state index in [1.54, 1.807) is 4.90 Å². The smallest absolute Gasteiger partial charge is 0.256 e. The summed E-state index contributed by atoms with van der Waals surface area (Å²) in [6.45, 7) is 1.01. The highest BCUT2D eigenvalue weighted by atomic mass is 19.1.